The van der Waals surface area contributed by atoms with Gasteiger partial charge in [-0.2, -0.15) is 0 Å². The number of hydrogen-bond donors (Lipinski definition) is 3. The van der Waals surface area contributed by atoms with E-state index in [1.54, 1.807) is 0 Å². The number of nitrogens with one attached hydrogen (secondary N) is 3. The molecule has 0 aliphatic carbocycles. The number of carbonyl (C=O) groups is 1. The number of nitrogens with zero attached hydrogens (tertiary/aromatic N) is 2. The zero-order valence-electron chi connectivity index (χ0n) is 17.6. The van der Waals surface area contributed by atoms with Gasteiger partial charge in [0.2, 0.25) is 0 Å². The van der Waals surface area contributed by atoms with Crippen molar-refractivity contribution in [1.29, 1.82) is 0 Å². The molecule has 1 aliphatic rings. The van der Waals surface area contributed by atoms with Crippen LogP contribution in [0.15, 0.2) is 41.2 Å². The second-order valence-corrected chi connectivity index (χ2v) is 8.23. The van der Waals surface area contributed by atoms with Gasteiger partial charge in [0.05, 0.1) is 11.7 Å². The molecule has 0 saturated carbocycles. The molecule has 1 atom stereocenters. The molecule has 5 rings (SSSR count). The Morgan fingerprint density at radius 2 is 2.06 bits per heavy atom. The summed E-state index contributed by atoms with van der Waals surface area (Å²) in [7, 11) is 0. The highest BCUT2D eigenvalue weighted by molar-refractivity contribution is 5.98. The highest BCUT2D eigenvalue weighted by Gasteiger charge is 2.20. The fourth-order valence-electron chi connectivity index (χ4n) is 4.25. The van der Waals surface area contributed by atoms with Gasteiger partial charge in [-0.05, 0) is 44.4 Å². The van der Waals surface area contributed by atoms with Gasteiger partial charge in [-0.1, -0.05) is 12.1 Å². The van der Waals surface area contributed by atoms with Gasteiger partial charge >= 0.3 is 0 Å². The van der Waals surface area contributed by atoms with Gasteiger partial charge in [0.25, 0.3) is 11.5 Å². The molecule has 1 fully saturated rings. The van der Waals surface area contributed by atoms with Crippen LogP contribution in [0.3, 0.4) is 0 Å². The lowest BCUT2D eigenvalue weighted by Crippen LogP contribution is -2.29. The lowest BCUT2D eigenvalue weighted by atomic mass is 9.97. The monoisotopic (exact) mass is 419 g/mol. The van der Waals surface area contributed by atoms with Crippen LogP contribution in [0, 0.1) is 6.92 Å². The summed E-state index contributed by atoms with van der Waals surface area (Å²) < 4.78 is 6.89. The second kappa shape index (κ2) is 7.70. The number of benzene rings is 1. The van der Waals surface area contributed by atoms with Crippen molar-refractivity contribution < 1.29 is 9.53 Å². The summed E-state index contributed by atoms with van der Waals surface area (Å²) in [4.78, 5) is 33.2. The third-order valence-electron chi connectivity index (χ3n) is 6.07. The lowest BCUT2D eigenvalue weighted by Gasteiger charge is -2.20. The van der Waals surface area contributed by atoms with Gasteiger partial charge in [-0.15, -0.1) is 0 Å². The van der Waals surface area contributed by atoms with Crippen LogP contribution in [0.5, 0.6) is 0 Å². The van der Waals surface area contributed by atoms with Crippen LogP contribution in [-0.2, 0) is 4.74 Å². The van der Waals surface area contributed by atoms with E-state index in [1.807, 2.05) is 44.2 Å². The molecule has 8 nitrogen and oxygen atoms in total. The summed E-state index contributed by atoms with van der Waals surface area (Å²) in [5, 5.41) is 7.15. The van der Waals surface area contributed by atoms with E-state index in [-0.39, 0.29) is 11.5 Å². The van der Waals surface area contributed by atoms with E-state index in [2.05, 4.69) is 20.4 Å². The molecule has 1 amide bonds. The molecule has 31 heavy (non-hydrogen) atoms. The van der Waals surface area contributed by atoms with E-state index in [9.17, 15) is 9.59 Å². The summed E-state index contributed by atoms with van der Waals surface area (Å²) in [6, 6.07) is 10.7. The first-order valence-corrected chi connectivity index (χ1v) is 10.6. The maximum Gasteiger partial charge on any atom is 0.272 e. The van der Waals surface area contributed by atoms with Gasteiger partial charge in [0, 0.05) is 47.9 Å². The Bertz CT molecular complexity index is 1330. The largest absolute Gasteiger partial charge is 0.381 e. The molecule has 0 radical (unpaired) electrons. The fourth-order valence-corrected chi connectivity index (χ4v) is 4.25. The first-order chi connectivity index (χ1) is 15.0. The topological polar surface area (TPSA) is 104 Å². The molecule has 160 valence electrons. The van der Waals surface area contributed by atoms with E-state index < -0.39 is 6.04 Å². The number of aromatic nitrogens is 4. The zero-order chi connectivity index (χ0) is 21.5. The van der Waals surface area contributed by atoms with Crippen LogP contribution in [0.2, 0.25) is 0 Å². The van der Waals surface area contributed by atoms with E-state index in [0.29, 0.717) is 23.0 Å². The Labute approximate surface area is 178 Å². The maximum atomic E-state index is 12.8. The summed E-state index contributed by atoms with van der Waals surface area (Å²) in [6.45, 7) is 5.29. The molecular formula is C23H25N5O3. The Balaban J connectivity index is 1.39. The summed E-state index contributed by atoms with van der Waals surface area (Å²) in [5.74, 6) is 0.1000. The summed E-state index contributed by atoms with van der Waals surface area (Å²) >= 11 is 0. The van der Waals surface area contributed by atoms with E-state index in [4.69, 9.17) is 4.74 Å². The standard InChI is InChI=1S/C23H25N5O3/c1-13-4-3-5-17-16(13)10-20(25-17)23(30)24-14(2)18-12-22(29)28-21(26-18)11-19(27-28)15-6-8-31-9-7-15/h3-5,10-12,14-15,25,27H,6-9H2,1-2H3,(H,24,30)/t14-/m1/s1. The molecule has 0 bridgehead atoms. The average molecular weight is 419 g/mol. The number of hydrogen-bond acceptors (Lipinski definition) is 4. The SMILES string of the molecule is Cc1cccc2[nH]c(C(=O)N[C@H](C)c3cc(=O)n4[nH]c(C5CCOCC5)cc4n3)cc12. The first-order valence-electron chi connectivity index (χ1n) is 10.6. The van der Waals surface area contributed by atoms with Crippen LogP contribution >= 0.6 is 0 Å². The molecule has 0 unspecified atom stereocenters. The minimum absolute atomic E-state index is 0.194. The zero-order valence-corrected chi connectivity index (χ0v) is 17.6. The van der Waals surface area contributed by atoms with Gasteiger partial charge in [0.15, 0.2) is 5.65 Å². The molecular weight excluding hydrogens is 394 g/mol. The second-order valence-electron chi connectivity index (χ2n) is 8.23. The average Bonchev–Trinajstić information content (AvgIpc) is 3.40. The number of amides is 1. The number of H-pyrrole nitrogens is 2. The van der Waals surface area contributed by atoms with Crippen molar-refractivity contribution in [3.8, 4) is 0 Å². The van der Waals surface area contributed by atoms with E-state index in [1.165, 1.54) is 10.6 Å². The van der Waals surface area contributed by atoms with Crippen LogP contribution in [0.25, 0.3) is 16.6 Å². The maximum absolute atomic E-state index is 12.8. The first kappa shape index (κ1) is 19.6. The van der Waals surface area contributed by atoms with Crippen LogP contribution in [0.1, 0.15) is 59.2 Å². The number of aromatic amines is 2. The molecule has 4 aromatic rings. The number of fused-ring (bicyclic) bond motifs is 2. The molecule has 3 aromatic heterocycles. The summed E-state index contributed by atoms with van der Waals surface area (Å²) in [6.07, 6.45) is 1.84. The van der Waals surface area contributed by atoms with Gasteiger partial charge in [0.1, 0.15) is 5.69 Å². The third kappa shape index (κ3) is 3.63. The predicted molar refractivity (Wildman–Crippen MR) is 118 cm³/mol. The molecule has 1 aliphatic heterocycles. The van der Waals surface area contributed by atoms with E-state index in [0.717, 1.165) is 48.2 Å². The van der Waals surface area contributed by atoms with E-state index >= 15 is 0 Å². The van der Waals surface area contributed by atoms with Crippen molar-refractivity contribution in [3.05, 3.63) is 69.4 Å². The fraction of sp³-hybridized carbons (Fsp3) is 0.348. The van der Waals surface area contributed by atoms with Crippen LogP contribution < -0.4 is 10.9 Å². The highest BCUT2D eigenvalue weighted by atomic mass is 16.5. The van der Waals surface area contributed by atoms with Crippen molar-refractivity contribution in [1.82, 2.24) is 24.9 Å². The molecule has 4 heterocycles. The lowest BCUT2D eigenvalue weighted by molar-refractivity contribution is 0.0844. The molecule has 3 N–H and O–H groups in total. The molecule has 1 aromatic carbocycles. The Morgan fingerprint density at radius 1 is 1.26 bits per heavy atom. The van der Waals surface area contributed by atoms with Crippen LogP contribution in [-0.4, -0.2) is 38.7 Å². The van der Waals surface area contributed by atoms with Crippen molar-refractivity contribution in [2.75, 3.05) is 13.2 Å². The minimum Gasteiger partial charge on any atom is -0.381 e. The normalized spacial score (nSPS) is 16.1. The van der Waals surface area contributed by atoms with Gasteiger partial charge in [-0.25, -0.2) is 9.50 Å². The molecule has 8 heteroatoms. The number of aryl methyl sites for hydroxylation is 1. The molecule has 0 spiro atoms. The summed E-state index contributed by atoms with van der Waals surface area (Å²) in [5.41, 5.74) is 4.40. The number of ether oxygens (including phenoxy) is 1. The van der Waals surface area contributed by atoms with Gasteiger partial charge in [-0.3, -0.25) is 14.7 Å². The van der Waals surface area contributed by atoms with Gasteiger partial charge < -0.3 is 15.0 Å². The predicted octanol–water partition coefficient (Wildman–Crippen LogP) is 3.20. The number of carbonyl (C=O) groups excluding carboxylic acids is 1. The third-order valence-corrected chi connectivity index (χ3v) is 6.07. The molecule has 1 saturated heterocycles. The Morgan fingerprint density at radius 3 is 2.84 bits per heavy atom. The van der Waals surface area contributed by atoms with Crippen molar-refractivity contribution in [3.63, 3.8) is 0 Å². The smallest absolute Gasteiger partial charge is 0.272 e. The quantitative estimate of drug-likeness (QED) is 0.472. The van der Waals surface area contributed by atoms with Crippen molar-refractivity contribution >= 4 is 22.5 Å². The Kier molecular flexibility index (Phi) is 4.86. The highest BCUT2D eigenvalue weighted by Crippen LogP contribution is 2.26. The Hall–Kier alpha value is -3.39. The minimum atomic E-state index is -0.417. The van der Waals surface area contributed by atoms with Crippen molar-refractivity contribution in [2.45, 2.75) is 38.6 Å². The van der Waals surface area contributed by atoms with Crippen molar-refractivity contribution in [2.24, 2.45) is 0 Å². The van der Waals surface area contributed by atoms with Crippen LogP contribution in [0.4, 0.5) is 0 Å². The number of rotatable bonds is 4.